The molecule has 0 spiro atoms. The van der Waals surface area contributed by atoms with Crippen LogP contribution in [0.4, 0.5) is 5.82 Å². The lowest BCUT2D eigenvalue weighted by Crippen LogP contribution is -2.15. The molecule has 4 nitrogen and oxygen atoms in total. The number of sulfonamides is 1. The third-order valence-electron chi connectivity index (χ3n) is 2.78. The van der Waals surface area contributed by atoms with Gasteiger partial charge in [0.25, 0.3) is 10.0 Å². The molecule has 0 bridgehead atoms. The Bertz CT molecular complexity index is 714. The van der Waals surface area contributed by atoms with Gasteiger partial charge in [0.05, 0.1) is 8.47 Å². The maximum Gasteiger partial charge on any atom is 0.263 e. The Hall–Kier alpha value is -1.15. The zero-order valence-electron chi connectivity index (χ0n) is 10.5. The lowest BCUT2D eigenvalue weighted by atomic mass is 10.1. The summed E-state index contributed by atoms with van der Waals surface area (Å²) in [6.07, 6.45) is 1.56. The van der Waals surface area contributed by atoms with Crippen LogP contribution in [0.1, 0.15) is 11.1 Å². The predicted octanol–water partition coefficient (Wildman–Crippen LogP) is 3.10. The van der Waals surface area contributed by atoms with Crippen molar-refractivity contribution in [3.8, 4) is 0 Å². The Balaban J connectivity index is 2.38. The van der Waals surface area contributed by atoms with Crippen LogP contribution in [0.25, 0.3) is 0 Å². The first-order valence-electron chi connectivity index (χ1n) is 5.61. The molecule has 6 heteroatoms. The molecule has 0 fully saturated rings. The van der Waals surface area contributed by atoms with Gasteiger partial charge in [-0.2, -0.15) is 0 Å². The van der Waals surface area contributed by atoms with Gasteiger partial charge in [-0.1, -0.05) is 6.07 Å². The standard InChI is InChI=1S/C13H13IN2O2S/c1-9-5-6-11(8-10(9)2)19(17,18)16-13-12(14)4-3-7-15-13/h3-8H,1-2H3,(H,15,16). The maximum atomic E-state index is 12.3. The highest BCUT2D eigenvalue weighted by atomic mass is 127. The van der Waals surface area contributed by atoms with Gasteiger partial charge in [-0.3, -0.25) is 4.72 Å². The van der Waals surface area contributed by atoms with E-state index in [1.165, 1.54) is 0 Å². The Morgan fingerprint density at radius 2 is 1.89 bits per heavy atom. The molecule has 100 valence electrons. The molecule has 2 aromatic rings. The predicted molar refractivity (Wildman–Crippen MR) is 83.7 cm³/mol. The number of nitrogens with zero attached hydrogens (tertiary/aromatic N) is 1. The number of rotatable bonds is 3. The van der Waals surface area contributed by atoms with Crippen LogP contribution in [-0.4, -0.2) is 13.4 Å². The zero-order chi connectivity index (χ0) is 14.0. The number of halogens is 1. The summed E-state index contributed by atoms with van der Waals surface area (Å²) >= 11 is 2.04. The molecule has 1 heterocycles. The van der Waals surface area contributed by atoms with E-state index in [2.05, 4.69) is 9.71 Å². The van der Waals surface area contributed by atoms with Crippen LogP contribution in [0.5, 0.6) is 0 Å². The molecule has 0 saturated carbocycles. The van der Waals surface area contributed by atoms with Crippen LogP contribution in [0, 0.1) is 17.4 Å². The van der Waals surface area contributed by atoms with Gasteiger partial charge in [0.2, 0.25) is 0 Å². The molecule has 0 unspecified atom stereocenters. The van der Waals surface area contributed by atoms with E-state index in [1.807, 2.05) is 36.4 Å². The summed E-state index contributed by atoms with van der Waals surface area (Å²) in [5, 5.41) is 0. The highest BCUT2D eigenvalue weighted by Crippen LogP contribution is 2.20. The summed E-state index contributed by atoms with van der Waals surface area (Å²) in [4.78, 5) is 4.28. The van der Waals surface area contributed by atoms with Gasteiger partial charge < -0.3 is 0 Å². The first-order chi connectivity index (χ1) is 8.90. The van der Waals surface area contributed by atoms with Crippen molar-refractivity contribution in [2.45, 2.75) is 18.7 Å². The highest BCUT2D eigenvalue weighted by molar-refractivity contribution is 14.1. The molecule has 1 aromatic carbocycles. The summed E-state index contributed by atoms with van der Waals surface area (Å²) in [7, 11) is -3.59. The Morgan fingerprint density at radius 1 is 1.16 bits per heavy atom. The molecule has 0 amide bonds. The second-order valence-corrected chi connectivity index (χ2v) is 7.03. The Kier molecular flexibility index (Phi) is 4.10. The van der Waals surface area contributed by atoms with E-state index < -0.39 is 10.0 Å². The summed E-state index contributed by atoms with van der Waals surface area (Å²) in [5.41, 5.74) is 2.00. The third-order valence-corrected chi connectivity index (χ3v) is 4.99. The fraction of sp³-hybridized carbons (Fsp3) is 0.154. The molecular formula is C13H13IN2O2S. The second-order valence-electron chi connectivity index (χ2n) is 4.19. The number of aromatic nitrogens is 1. The number of nitrogens with one attached hydrogen (secondary N) is 1. The smallest absolute Gasteiger partial charge is 0.262 e. The van der Waals surface area contributed by atoms with E-state index in [1.54, 1.807) is 36.5 Å². The summed E-state index contributed by atoms with van der Waals surface area (Å²) in [6, 6.07) is 8.61. The van der Waals surface area contributed by atoms with E-state index in [-0.39, 0.29) is 4.90 Å². The Labute approximate surface area is 126 Å². The number of aryl methyl sites for hydroxylation is 2. The lowest BCUT2D eigenvalue weighted by Gasteiger charge is -2.10. The number of pyridine rings is 1. The fourth-order valence-electron chi connectivity index (χ4n) is 1.53. The number of anilines is 1. The number of hydrogen-bond donors (Lipinski definition) is 1. The molecule has 0 atom stereocenters. The first-order valence-corrected chi connectivity index (χ1v) is 8.17. The van der Waals surface area contributed by atoms with Crippen molar-refractivity contribution in [1.29, 1.82) is 0 Å². The van der Waals surface area contributed by atoms with E-state index in [0.29, 0.717) is 5.82 Å². The summed E-state index contributed by atoms with van der Waals surface area (Å²) < 4.78 is 27.8. The molecule has 0 saturated heterocycles. The SMILES string of the molecule is Cc1ccc(S(=O)(=O)Nc2ncccc2I)cc1C. The van der Waals surface area contributed by atoms with Gasteiger partial charge in [-0.25, -0.2) is 13.4 Å². The minimum absolute atomic E-state index is 0.247. The molecule has 19 heavy (non-hydrogen) atoms. The highest BCUT2D eigenvalue weighted by Gasteiger charge is 2.16. The van der Waals surface area contributed by atoms with Crippen molar-refractivity contribution in [3.05, 3.63) is 51.2 Å². The van der Waals surface area contributed by atoms with E-state index in [9.17, 15) is 8.42 Å². The minimum Gasteiger partial charge on any atom is -0.262 e. The minimum atomic E-state index is -3.59. The number of benzene rings is 1. The van der Waals surface area contributed by atoms with Crippen LogP contribution in [0.3, 0.4) is 0 Å². The van der Waals surface area contributed by atoms with E-state index >= 15 is 0 Å². The van der Waals surface area contributed by atoms with Gasteiger partial charge in [0, 0.05) is 6.20 Å². The second kappa shape index (κ2) is 5.46. The lowest BCUT2D eigenvalue weighted by molar-refractivity contribution is 0.601. The number of hydrogen-bond acceptors (Lipinski definition) is 3. The summed E-state index contributed by atoms with van der Waals surface area (Å²) in [6.45, 7) is 3.83. The van der Waals surface area contributed by atoms with Crippen LogP contribution in [0.2, 0.25) is 0 Å². The zero-order valence-corrected chi connectivity index (χ0v) is 13.5. The van der Waals surface area contributed by atoms with Crippen molar-refractivity contribution >= 4 is 38.4 Å². The van der Waals surface area contributed by atoms with Gasteiger partial charge in [-0.05, 0) is 71.8 Å². The van der Waals surface area contributed by atoms with Gasteiger partial charge >= 0.3 is 0 Å². The monoisotopic (exact) mass is 388 g/mol. The molecule has 1 aromatic heterocycles. The quantitative estimate of drug-likeness (QED) is 0.823. The summed E-state index contributed by atoms with van der Waals surface area (Å²) in [5.74, 6) is 0.348. The molecule has 0 aliphatic heterocycles. The van der Waals surface area contributed by atoms with Crippen LogP contribution in [-0.2, 0) is 10.0 Å². The molecule has 2 rings (SSSR count). The molecule has 0 aliphatic carbocycles. The van der Waals surface area contributed by atoms with Crippen LogP contribution >= 0.6 is 22.6 Å². The van der Waals surface area contributed by atoms with Gasteiger partial charge in [-0.15, -0.1) is 0 Å². The van der Waals surface area contributed by atoms with Gasteiger partial charge in [0.15, 0.2) is 5.82 Å². The van der Waals surface area contributed by atoms with E-state index in [4.69, 9.17) is 0 Å². The molecule has 0 radical (unpaired) electrons. The van der Waals surface area contributed by atoms with Crippen LogP contribution < -0.4 is 4.72 Å². The van der Waals surface area contributed by atoms with Gasteiger partial charge in [0.1, 0.15) is 0 Å². The molecule has 1 N–H and O–H groups in total. The Morgan fingerprint density at radius 3 is 2.53 bits per heavy atom. The van der Waals surface area contributed by atoms with Crippen molar-refractivity contribution in [3.63, 3.8) is 0 Å². The average molecular weight is 388 g/mol. The third kappa shape index (κ3) is 3.24. The van der Waals surface area contributed by atoms with Crippen molar-refractivity contribution in [2.24, 2.45) is 0 Å². The molecule has 0 aliphatic rings. The van der Waals surface area contributed by atoms with Crippen LogP contribution in [0.15, 0.2) is 41.4 Å². The fourth-order valence-corrected chi connectivity index (χ4v) is 3.31. The van der Waals surface area contributed by atoms with Crippen molar-refractivity contribution in [1.82, 2.24) is 4.98 Å². The maximum absolute atomic E-state index is 12.3. The van der Waals surface area contributed by atoms with Crippen molar-refractivity contribution in [2.75, 3.05) is 4.72 Å². The largest absolute Gasteiger partial charge is 0.263 e. The average Bonchev–Trinajstić information content (AvgIpc) is 2.35. The normalized spacial score (nSPS) is 11.3. The molecular weight excluding hydrogens is 375 g/mol. The topological polar surface area (TPSA) is 59.1 Å². The van der Waals surface area contributed by atoms with E-state index in [0.717, 1.165) is 14.7 Å². The first kappa shape index (κ1) is 14.3. The van der Waals surface area contributed by atoms with Crippen molar-refractivity contribution < 1.29 is 8.42 Å².